The van der Waals surface area contributed by atoms with Gasteiger partial charge >= 0.3 is 6.03 Å². The molecule has 1 aromatic heterocycles. The molecule has 2 aromatic rings. The molecule has 0 aliphatic heterocycles. The smallest absolute Gasteiger partial charge is 0.308 e. The molecule has 0 unspecified atom stereocenters. The van der Waals surface area contributed by atoms with Gasteiger partial charge in [-0.05, 0) is 24.3 Å². The van der Waals surface area contributed by atoms with Gasteiger partial charge in [-0.15, -0.1) is 0 Å². The zero-order valence-corrected chi connectivity index (χ0v) is 12.2. The van der Waals surface area contributed by atoms with E-state index in [0.29, 0.717) is 17.1 Å². The van der Waals surface area contributed by atoms with Crippen molar-refractivity contribution in [3.05, 3.63) is 41.6 Å². The third kappa shape index (κ3) is 3.83. The van der Waals surface area contributed by atoms with E-state index in [1.165, 1.54) is 0 Å². The fraction of sp³-hybridized carbons (Fsp3) is 0.267. The van der Waals surface area contributed by atoms with Crippen LogP contribution >= 0.6 is 0 Å². The first-order chi connectivity index (χ1) is 9.88. The van der Waals surface area contributed by atoms with Crippen molar-refractivity contribution in [2.45, 2.75) is 26.2 Å². The molecule has 1 heterocycles. The van der Waals surface area contributed by atoms with E-state index in [1.807, 2.05) is 6.07 Å². The van der Waals surface area contributed by atoms with Crippen LogP contribution in [0.5, 0.6) is 0 Å². The maximum Gasteiger partial charge on any atom is 0.324 e. The Kier molecular flexibility index (Phi) is 3.94. The lowest BCUT2D eigenvalue weighted by Gasteiger charge is -2.14. The Morgan fingerprint density at radius 3 is 2.43 bits per heavy atom. The maximum atomic E-state index is 11.9. The van der Waals surface area contributed by atoms with Gasteiger partial charge in [0.15, 0.2) is 5.82 Å². The molecule has 2 rings (SSSR count). The predicted molar refractivity (Wildman–Crippen MR) is 81.1 cm³/mol. The Balaban J connectivity index is 1.98. The first kappa shape index (κ1) is 14.6. The monoisotopic (exact) mass is 283 g/mol. The van der Waals surface area contributed by atoms with Crippen LogP contribution < -0.4 is 10.6 Å². The summed E-state index contributed by atoms with van der Waals surface area (Å²) in [6, 6.07) is 10.1. The minimum Gasteiger partial charge on any atom is -0.308 e. The molecule has 0 fully saturated rings. The minimum absolute atomic E-state index is 0.0590. The summed E-state index contributed by atoms with van der Waals surface area (Å²) < 4.78 is 0. The summed E-state index contributed by atoms with van der Waals surface area (Å²) in [4.78, 5) is 11.9. The van der Waals surface area contributed by atoms with Crippen LogP contribution in [0.2, 0.25) is 0 Å². The van der Waals surface area contributed by atoms with Crippen molar-refractivity contribution in [1.82, 2.24) is 10.2 Å². The molecule has 2 amide bonds. The highest BCUT2D eigenvalue weighted by atomic mass is 16.2. The van der Waals surface area contributed by atoms with Crippen LogP contribution in [0.1, 0.15) is 32.0 Å². The average Bonchev–Trinajstić information content (AvgIpc) is 2.88. The van der Waals surface area contributed by atoms with E-state index in [2.05, 4.69) is 41.6 Å². The van der Waals surface area contributed by atoms with Crippen LogP contribution in [-0.2, 0) is 5.41 Å². The Morgan fingerprint density at radius 2 is 1.90 bits per heavy atom. The van der Waals surface area contributed by atoms with E-state index in [4.69, 9.17) is 5.26 Å². The number of amides is 2. The van der Waals surface area contributed by atoms with E-state index >= 15 is 0 Å². The number of carbonyl (C=O) groups is 1. The van der Waals surface area contributed by atoms with Gasteiger partial charge in [0.2, 0.25) is 0 Å². The number of aromatic nitrogens is 2. The molecule has 0 bridgehead atoms. The van der Waals surface area contributed by atoms with E-state index in [1.54, 1.807) is 30.3 Å². The van der Waals surface area contributed by atoms with Gasteiger partial charge in [0.05, 0.1) is 11.6 Å². The number of nitrogens with one attached hydrogen (secondary N) is 3. The molecular weight excluding hydrogens is 266 g/mol. The molecule has 0 saturated heterocycles. The second-order valence-electron chi connectivity index (χ2n) is 5.69. The zero-order chi connectivity index (χ0) is 15.5. The quantitative estimate of drug-likeness (QED) is 0.789. The molecule has 6 heteroatoms. The van der Waals surface area contributed by atoms with Crippen molar-refractivity contribution >= 4 is 17.5 Å². The van der Waals surface area contributed by atoms with Crippen LogP contribution in [0.4, 0.5) is 16.3 Å². The number of hydrogen-bond acceptors (Lipinski definition) is 3. The normalized spacial score (nSPS) is 10.8. The van der Waals surface area contributed by atoms with E-state index in [-0.39, 0.29) is 11.4 Å². The number of aromatic amines is 1. The maximum absolute atomic E-state index is 11.9. The van der Waals surface area contributed by atoms with Crippen LogP contribution in [0.25, 0.3) is 0 Å². The SMILES string of the molecule is CC(C)(C)c1cc(NC(=O)Nc2ccc(C#N)cc2)n[nH]1. The van der Waals surface area contributed by atoms with E-state index in [0.717, 1.165) is 5.69 Å². The Hall–Kier alpha value is -2.81. The van der Waals surface area contributed by atoms with Gasteiger partial charge in [-0.3, -0.25) is 10.4 Å². The summed E-state index contributed by atoms with van der Waals surface area (Å²) in [5.41, 5.74) is 2.04. The molecule has 0 aliphatic rings. The lowest BCUT2D eigenvalue weighted by atomic mass is 9.92. The van der Waals surface area contributed by atoms with Crippen molar-refractivity contribution in [2.75, 3.05) is 10.6 Å². The number of rotatable bonds is 2. The number of H-pyrrole nitrogens is 1. The Morgan fingerprint density at radius 1 is 1.24 bits per heavy atom. The minimum atomic E-state index is -0.383. The zero-order valence-electron chi connectivity index (χ0n) is 12.2. The highest BCUT2D eigenvalue weighted by Gasteiger charge is 2.17. The number of carbonyl (C=O) groups excluding carboxylic acids is 1. The van der Waals surface area contributed by atoms with Crippen molar-refractivity contribution in [1.29, 1.82) is 5.26 Å². The highest BCUT2D eigenvalue weighted by Crippen LogP contribution is 2.22. The summed E-state index contributed by atoms with van der Waals surface area (Å²) in [7, 11) is 0. The van der Waals surface area contributed by atoms with Gasteiger partial charge in [-0.2, -0.15) is 10.4 Å². The number of nitriles is 1. The van der Waals surface area contributed by atoms with Crippen molar-refractivity contribution in [2.24, 2.45) is 0 Å². The third-order valence-electron chi connectivity index (χ3n) is 2.90. The molecule has 0 spiro atoms. The molecule has 0 saturated carbocycles. The second kappa shape index (κ2) is 5.67. The topological polar surface area (TPSA) is 93.6 Å². The molecule has 21 heavy (non-hydrogen) atoms. The van der Waals surface area contributed by atoms with Crippen LogP contribution in [0.3, 0.4) is 0 Å². The molecule has 1 aromatic carbocycles. The van der Waals surface area contributed by atoms with E-state index in [9.17, 15) is 4.79 Å². The Bertz CT molecular complexity index is 673. The summed E-state index contributed by atoms with van der Waals surface area (Å²) in [5.74, 6) is 0.464. The van der Waals surface area contributed by atoms with E-state index < -0.39 is 0 Å². The van der Waals surface area contributed by atoms with Crippen LogP contribution in [0, 0.1) is 11.3 Å². The van der Waals surface area contributed by atoms with Crippen molar-refractivity contribution < 1.29 is 4.79 Å². The lowest BCUT2D eigenvalue weighted by molar-refractivity contribution is 0.262. The van der Waals surface area contributed by atoms with Gasteiger partial charge in [0.1, 0.15) is 0 Å². The highest BCUT2D eigenvalue weighted by molar-refractivity contribution is 5.99. The summed E-state index contributed by atoms with van der Waals surface area (Å²) in [5, 5.41) is 21.0. The first-order valence-corrected chi connectivity index (χ1v) is 6.52. The van der Waals surface area contributed by atoms with Gasteiger partial charge in [-0.25, -0.2) is 4.79 Å². The standard InChI is InChI=1S/C15H17N5O/c1-15(2,3)12-8-13(20-19-12)18-14(21)17-11-6-4-10(9-16)5-7-11/h4-8H,1-3H3,(H3,17,18,19,20,21). The lowest BCUT2D eigenvalue weighted by Crippen LogP contribution is -2.19. The molecule has 3 N–H and O–H groups in total. The average molecular weight is 283 g/mol. The summed E-state index contributed by atoms with van der Waals surface area (Å²) in [6.07, 6.45) is 0. The second-order valence-corrected chi connectivity index (χ2v) is 5.69. The molecule has 0 atom stereocenters. The molecule has 108 valence electrons. The number of nitrogens with zero attached hydrogens (tertiary/aromatic N) is 2. The summed E-state index contributed by atoms with van der Waals surface area (Å²) in [6.45, 7) is 6.17. The summed E-state index contributed by atoms with van der Waals surface area (Å²) >= 11 is 0. The van der Waals surface area contributed by atoms with Crippen molar-refractivity contribution in [3.63, 3.8) is 0 Å². The number of benzene rings is 1. The number of urea groups is 1. The number of hydrogen-bond donors (Lipinski definition) is 3. The number of anilines is 2. The molecular formula is C15H17N5O. The Labute approximate surface area is 123 Å². The van der Waals surface area contributed by atoms with Crippen LogP contribution in [-0.4, -0.2) is 16.2 Å². The third-order valence-corrected chi connectivity index (χ3v) is 2.90. The largest absolute Gasteiger partial charge is 0.324 e. The van der Waals surface area contributed by atoms with Crippen LogP contribution in [0.15, 0.2) is 30.3 Å². The van der Waals surface area contributed by atoms with Gasteiger partial charge in [-0.1, -0.05) is 20.8 Å². The first-order valence-electron chi connectivity index (χ1n) is 6.52. The molecule has 0 aliphatic carbocycles. The van der Waals surface area contributed by atoms with Crippen molar-refractivity contribution in [3.8, 4) is 6.07 Å². The fourth-order valence-corrected chi connectivity index (χ4v) is 1.68. The van der Waals surface area contributed by atoms with Gasteiger partial charge in [0.25, 0.3) is 0 Å². The fourth-order valence-electron chi connectivity index (χ4n) is 1.68. The van der Waals surface area contributed by atoms with Gasteiger partial charge in [0, 0.05) is 22.9 Å². The van der Waals surface area contributed by atoms with Gasteiger partial charge < -0.3 is 5.32 Å². The molecule has 6 nitrogen and oxygen atoms in total. The predicted octanol–water partition coefficient (Wildman–Crippen LogP) is 3.22. The molecule has 0 radical (unpaired) electrons.